The van der Waals surface area contributed by atoms with Crippen LogP contribution in [0, 0.1) is 0 Å². The molecule has 3 aromatic rings. The van der Waals surface area contributed by atoms with E-state index >= 15 is 0 Å². The van der Waals surface area contributed by atoms with Gasteiger partial charge in [0.1, 0.15) is 11.0 Å². The Labute approximate surface area is 178 Å². The molecule has 2 aliphatic rings. The Balaban J connectivity index is 1.56. The molecular formula is C22H26N4O3S. The van der Waals surface area contributed by atoms with Crippen molar-refractivity contribution in [2.24, 2.45) is 0 Å². The molecule has 1 aliphatic carbocycles. The summed E-state index contributed by atoms with van der Waals surface area (Å²) in [7, 11) is 0. The van der Waals surface area contributed by atoms with Gasteiger partial charge < -0.3 is 20.5 Å². The molecule has 2 aromatic heterocycles. The number of anilines is 2. The van der Waals surface area contributed by atoms with Crippen molar-refractivity contribution in [1.29, 1.82) is 0 Å². The fraction of sp³-hybridized carbons (Fsp3) is 0.455. The molecule has 5 rings (SSSR count). The van der Waals surface area contributed by atoms with Crippen molar-refractivity contribution in [2.75, 3.05) is 17.7 Å². The number of fused-ring (bicyclic) bond motifs is 2. The zero-order chi connectivity index (χ0) is 20.7. The van der Waals surface area contributed by atoms with Gasteiger partial charge in [0, 0.05) is 28.1 Å². The molecule has 1 aliphatic heterocycles. The van der Waals surface area contributed by atoms with Crippen LogP contribution in [0.3, 0.4) is 0 Å². The molecule has 0 radical (unpaired) electrons. The number of pyridine rings is 1. The van der Waals surface area contributed by atoms with Crippen LogP contribution < -0.4 is 10.9 Å². The van der Waals surface area contributed by atoms with Crippen LogP contribution in [0.4, 0.5) is 11.5 Å². The van der Waals surface area contributed by atoms with E-state index in [1.165, 1.54) is 19.3 Å². The lowest BCUT2D eigenvalue weighted by Crippen LogP contribution is -2.33. The first-order valence-corrected chi connectivity index (χ1v) is 11.6. The largest absolute Gasteiger partial charge is 0.393 e. The van der Waals surface area contributed by atoms with E-state index in [0.29, 0.717) is 23.7 Å². The maximum Gasteiger partial charge on any atom is 0.261 e. The predicted molar refractivity (Wildman–Crippen MR) is 119 cm³/mol. The number of nitrogens with zero attached hydrogens (tertiary/aromatic N) is 2. The van der Waals surface area contributed by atoms with Crippen LogP contribution in [0.2, 0.25) is 0 Å². The summed E-state index contributed by atoms with van der Waals surface area (Å²) in [6, 6.07) is 7.96. The van der Waals surface area contributed by atoms with Crippen LogP contribution in [0.1, 0.15) is 50.1 Å². The maximum absolute atomic E-state index is 12.6. The Kier molecular flexibility index (Phi) is 5.08. The summed E-state index contributed by atoms with van der Waals surface area (Å²) in [5.41, 5.74) is 0.892. The molecule has 1 atom stereocenters. The number of aliphatic hydroxyl groups is 2. The summed E-state index contributed by atoms with van der Waals surface area (Å²) in [4.78, 5) is 16.4. The molecule has 7 nitrogen and oxygen atoms in total. The fourth-order valence-electron chi connectivity index (χ4n) is 4.65. The summed E-state index contributed by atoms with van der Waals surface area (Å²) in [5.74, 6) is 1.29. The number of thioether (sulfide) groups is 1. The highest BCUT2D eigenvalue weighted by Crippen LogP contribution is 2.42. The molecule has 1 fully saturated rings. The third-order valence-corrected chi connectivity index (χ3v) is 7.40. The van der Waals surface area contributed by atoms with Crippen molar-refractivity contribution < 1.29 is 10.2 Å². The Morgan fingerprint density at radius 1 is 1.27 bits per heavy atom. The fourth-order valence-corrected chi connectivity index (χ4v) is 5.88. The van der Waals surface area contributed by atoms with Gasteiger partial charge in [-0.25, -0.2) is 0 Å². The Bertz CT molecular complexity index is 1140. The van der Waals surface area contributed by atoms with Gasteiger partial charge >= 0.3 is 0 Å². The molecular weight excluding hydrogens is 400 g/mol. The van der Waals surface area contributed by atoms with Crippen molar-refractivity contribution in [1.82, 2.24) is 14.8 Å². The first kappa shape index (κ1) is 19.7. The van der Waals surface area contributed by atoms with E-state index in [-0.39, 0.29) is 12.2 Å². The van der Waals surface area contributed by atoms with Gasteiger partial charge in [-0.1, -0.05) is 19.3 Å². The van der Waals surface area contributed by atoms with Gasteiger partial charge in [-0.15, -0.1) is 11.8 Å². The second kappa shape index (κ2) is 7.76. The maximum atomic E-state index is 12.6. The van der Waals surface area contributed by atoms with Crippen molar-refractivity contribution >= 4 is 34.2 Å². The van der Waals surface area contributed by atoms with Crippen molar-refractivity contribution in [3.63, 3.8) is 0 Å². The van der Waals surface area contributed by atoms with E-state index in [0.717, 1.165) is 40.3 Å². The molecule has 0 amide bonds. The summed E-state index contributed by atoms with van der Waals surface area (Å²) in [6.45, 7) is -0.317. The summed E-state index contributed by atoms with van der Waals surface area (Å²) < 4.78 is 2.00. The minimum absolute atomic E-state index is 0.169. The van der Waals surface area contributed by atoms with E-state index < -0.39 is 5.60 Å². The van der Waals surface area contributed by atoms with Crippen LogP contribution in [0.15, 0.2) is 40.2 Å². The lowest BCUT2D eigenvalue weighted by atomic mass is 9.91. The van der Waals surface area contributed by atoms with Crippen LogP contribution in [-0.2, 0) is 5.60 Å². The molecule has 30 heavy (non-hydrogen) atoms. The molecule has 0 saturated heterocycles. The van der Waals surface area contributed by atoms with E-state index in [4.69, 9.17) is 5.10 Å². The zero-order valence-corrected chi connectivity index (χ0v) is 17.5. The highest BCUT2D eigenvalue weighted by molar-refractivity contribution is 7.99. The number of benzene rings is 1. The average Bonchev–Trinajstić information content (AvgIpc) is 3.14. The summed E-state index contributed by atoms with van der Waals surface area (Å²) in [5, 5.41) is 29.3. The average molecular weight is 427 g/mol. The van der Waals surface area contributed by atoms with Crippen LogP contribution in [0.25, 0.3) is 10.9 Å². The molecule has 1 aromatic carbocycles. The van der Waals surface area contributed by atoms with Crippen molar-refractivity contribution in [2.45, 2.75) is 55.1 Å². The van der Waals surface area contributed by atoms with Crippen LogP contribution >= 0.6 is 11.8 Å². The normalized spacial score (nSPS) is 22.2. The number of H-pyrrole nitrogens is 1. The van der Waals surface area contributed by atoms with E-state index in [1.807, 2.05) is 28.9 Å². The molecule has 3 heterocycles. The zero-order valence-electron chi connectivity index (χ0n) is 16.7. The van der Waals surface area contributed by atoms with Gasteiger partial charge in [-0.05, 0) is 43.5 Å². The van der Waals surface area contributed by atoms with Gasteiger partial charge in [0.05, 0.1) is 18.2 Å². The number of hydrogen-bond donors (Lipinski definition) is 4. The topological polar surface area (TPSA) is 103 Å². The van der Waals surface area contributed by atoms with Crippen molar-refractivity contribution in [3.8, 4) is 0 Å². The number of aromatic nitrogens is 3. The molecule has 0 spiro atoms. The van der Waals surface area contributed by atoms with Gasteiger partial charge in [-0.2, -0.15) is 5.10 Å². The van der Waals surface area contributed by atoms with Gasteiger partial charge in [0.25, 0.3) is 5.56 Å². The molecule has 8 heteroatoms. The van der Waals surface area contributed by atoms with Crippen molar-refractivity contribution in [3.05, 3.63) is 46.4 Å². The second-order valence-electron chi connectivity index (χ2n) is 8.28. The summed E-state index contributed by atoms with van der Waals surface area (Å²) in [6.07, 6.45) is 7.93. The van der Waals surface area contributed by atoms with E-state index in [9.17, 15) is 15.0 Å². The van der Waals surface area contributed by atoms with Gasteiger partial charge in [0.2, 0.25) is 0 Å². The SMILES string of the molecule is O=c1[nH]ccc2c1c(Nc1ccc3c(c1)C(O)(CO)CCS3)nn2C1CCCCC1. The highest BCUT2D eigenvalue weighted by atomic mass is 32.2. The van der Waals surface area contributed by atoms with Gasteiger partial charge in [-0.3, -0.25) is 9.48 Å². The third kappa shape index (κ3) is 3.33. The highest BCUT2D eigenvalue weighted by Gasteiger charge is 2.34. The second-order valence-corrected chi connectivity index (χ2v) is 9.41. The van der Waals surface area contributed by atoms with Crippen LogP contribution in [0.5, 0.6) is 0 Å². The molecule has 1 unspecified atom stereocenters. The molecule has 4 N–H and O–H groups in total. The third-order valence-electron chi connectivity index (χ3n) is 6.33. The van der Waals surface area contributed by atoms with E-state index in [2.05, 4.69) is 10.3 Å². The molecule has 1 saturated carbocycles. The molecule has 158 valence electrons. The number of nitrogens with one attached hydrogen (secondary N) is 2. The lowest BCUT2D eigenvalue weighted by Gasteiger charge is -2.32. The van der Waals surface area contributed by atoms with Crippen LogP contribution in [-0.4, -0.2) is 37.3 Å². The minimum Gasteiger partial charge on any atom is -0.393 e. The molecule has 0 bridgehead atoms. The predicted octanol–water partition coefficient (Wildman–Crippen LogP) is 3.65. The Hall–Kier alpha value is -2.29. The minimum atomic E-state index is -1.24. The lowest BCUT2D eigenvalue weighted by molar-refractivity contribution is -0.0247. The first-order valence-electron chi connectivity index (χ1n) is 10.6. The van der Waals surface area contributed by atoms with Gasteiger partial charge in [0.15, 0.2) is 5.82 Å². The summed E-state index contributed by atoms with van der Waals surface area (Å²) >= 11 is 1.68. The quantitative estimate of drug-likeness (QED) is 0.508. The number of rotatable bonds is 4. The number of aromatic amines is 1. The standard InChI is InChI=1S/C22H26N4O3S/c27-13-22(29)9-11-30-18-7-6-14(12-16(18)22)24-20-19-17(8-10-23-21(19)28)26(25-20)15-4-2-1-3-5-15/h6-8,10,12,15,27,29H,1-5,9,11,13H2,(H,23,28)(H,24,25). The Morgan fingerprint density at radius 2 is 2.10 bits per heavy atom. The number of aliphatic hydroxyl groups excluding tert-OH is 1. The number of hydrogen-bond acceptors (Lipinski definition) is 6. The monoisotopic (exact) mass is 426 g/mol. The van der Waals surface area contributed by atoms with E-state index in [1.54, 1.807) is 18.0 Å². The first-order chi connectivity index (χ1) is 14.6. The Morgan fingerprint density at radius 3 is 2.90 bits per heavy atom. The smallest absolute Gasteiger partial charge is 0.261 e.